The van der Waals surface area contributed by atoms with Gasteiger partial charge in [-0.05, 0) is 78.1 Å². The normalized spacial score (nSPS) is 28.1. The summed E-state index contributed by atoms with van der Waals surface area (Å²) in [5.74, 6) is 0.0455. The topological polar surface area (TPSA) is 114 Å². The standard InChI is InChI=1S/C20H34N2O6/c1-20(2,3)28-19(26)22-16-10-6-14(7-11-16)17(23)27-12-13-4-8-15(9-5-13)21-18(24)25/h13-16,21H,4-12H2,1-3H3,(H,22,26)(H,24,25). The van der Waals surface area contributed by atoms with E-state index in [1.807, 2.05) is 20.8 Å². The van der Waals surface area contributed by atoms with Crippen LogP contribution in [0.1, 0.15) is 72.1 Å². The molecule has 0 aromatic rings. The van der Waals surface area contributed by atoms with Crippen LogP contribution in [0.2, 0.25) is 0 Å². The fraction of sp³-hybridized carbons (Fsp3) is 0.850. The second kappa shape index (κ2) is 9.98. The third-order valence-electron chi connectivity index (χ3n) is 5.42. The molecule has 0 aromatic carbocycles. The summed E-state index contributed by atoms with van der Waals surface area (Å²) in [6.07, 6.45) is 4.80. The van der Waals surface area contributed by atoms with Gasteiger partial charge >= 0.3 is 18.2 Å². The second-order valence-corrected chi connectivity index (χ2v) is 8.99. The van der Waals surface area contributed by atoms with Gasteiger partial charge in [0.25, 0.3) is 0 Å². The van der Waals surface area contributed by atoms with Crippen molar-refractivity contribution >= 4 is 18.2 Å². The van der Waals surface area contributed by atoms with Gasteiger partial charge in [-0.15, -0.1) is 0 Å². The summed E-state index contributed by atoms with van der Waals surface area (Å²) in [5, 5.41) is 14.2. The molecule has 0 atom stereocenters. The third-order valence-corrected chi connectivity index (χ3v) is 5.42. The molecule has 0 aromatic heterocycles. The molecule has 2 amide bonds. The predicted octanol–water partition coefficient (Wildman–Crippen LogP) is 3.44. The second-order valence-electron chi connectivity index (χ2n) is 8.99. The van der Waals surface area contributed by atoms with E-state index in [0.717, 1.165) is 38.5 Å². The molecule has 2 aliphatic carbocycles. The van der Waals surface area contributed by atoms with Crippen molar-refractivity contribution in [3.63, 3.8) is 0 Å². The minimum Gasteiger partial charge on any atom is -0.465 e. The van der Waals surface area contributed by atoms with E-state index in [9.17, 15) is 14.4 Å². The monoisotopic (exact) mass is 398 g/mol. The van der Waals surface area contributed by atoms with E-state index in [2.05, 4.69) is 10.6 Å². The minimum atomic E-state index is -0.980. The molecule has 0 aliphatic heterocycles. The summed E-state index contributed by atoms with van der Waals surface area (Å²) in [4.78, 5) is 34.9. The Morgan fingerprint density at radius 3 is 1.96 bits per heavy atom. The number of alkyl carbamates (subject to hydrolysis) is 1. The molecule has 160 valence electrons. The molecule has 8 nitrogen and oxygen atoms in total. The molecule has 2 aliphatic rings. The third kappa shape index (κ3) is 7.94. The molecule has 2 rings (SSSR count). The van der Waals surface area contributed by atoms with E-state index in [-0.39, 0.29) is 24.0 Å². The Bertz CT molecular complexity index is 543. The number of carbonyl (C=O) groups excluding carboxylic acids is 2. The number of amides is 2. The maximum Gasteiger partial charge on any atom is 0.407 e. The van der Waals surface area contributed by atoms with E-state index in [1.165, 1.54) is 0 Å². The van der Waals surface area contributed by atoms with Crippen molar-refractivity contribution < 1.29 is 29.0 Å². The summed E-state index contributed by atoms with van der Waals surface area (Å²) in [6, 6.07) is 0.0492. The van der Waals surface area contributed by atoms with Crippen LogP contribution >= 0.6 is 0 Å². The molecule has 0 spiro atoms. The van der Waals surface area contributed by atoms with E-state index in [4.69, 9.17) is 14.6 Å². The maximum atomic E-state index is 12.3. The van der Waals surface area contributed by atoms with Gasteiger partial charge in [-0.1, -0.05) is 0 Å². The molecule has 28 heavy (non-hydrogen) atoms. The van der Waals surface area contributed by atoms with Gasteiger partial charge < -0.3 is 25.2 Å². The predicted molar refractivity (Wildman–Crippen MR) is 103 cm³/mol. The van der Waals surface area contributed by atoms with E-state index in [0.29, 0.717) is 25.4 Å². The summed E-state index contributed by atoms with van der Waals surface area (Å²) >= 11 is 0. The summed E-state index contributed by atoms with van der Waals surface area (Å²) < 4.78 is 10.8. The average Bonchev–Trinajstić information content (AvgIpc) is 2.59. The maximum absolute atomic E-state index is 12.3. The van der Waals surface area contributed by atoms with E-state index < -0.39 is 17.8 Å². The molecule has 0 radical (unpaired) electrons. The number of ether oxygens (including phenoxy) is 2. The number of hydrogen-bond donors (Lipinski definition) is 3. The van der Waals surface area contributed by atoms with Gasteiger partial charge in [0.1, 0.15) is 5.60 Å². The van der Waals surface area contributed by atoms with Gasteiger partial charge in [-0.3, -0.25) is 4.79 Å². The lowest BCUT2D eigenvalue weighted by atomic mass is 9.85. The van der Waals surface area contributed by atoms with Crippen molar-refractivity contribution in [2.45, 2.75) is 89.8 Å². The van der Waals surface area contributed by atoms with Gasteiger partial charge in [0.15, 0.2) is 0 Å². The first-order valence-corrected chi connectivity index (χ1v) is 10.3. The largest absolute Gasteiger partial charge is 0.465 e. The molecule has 2 saturated carbocycles. The average molecular weight is 399 g/mol. The zero-order valence-corrected chi connectivity index (χ0v) is 17.2. The molecule has 0 unspecified atom stereocenters. The number of esters is 1. The highest BCUT2D eigenvalue weighted by atomic mass is 16.6. The Labute approximate surface area is 166 Å². The number of carbonyl (C=O) groups is 3. The first kappa shape index (κ1) is 22.3. The molecule has 2 fully saturated rings. The molecule has 0 saturated heterocycles. The Morgan fingerprint density at radius 2 is 1.43 bits per heavy atom. The highest BCUT2D eigenvalue weighted by Crippen LogP contribution is 2.28. The smallest absolute Gasteiger partial charge is 0.407 e. The molecular formula is C20H34N2O6. The lowest BCUT2D eigenvalue weighted by Gasteiger charge is -2.30. The van der Waals surface area contributed by atoms with Gasteiger partial charge in [0, 0.05) is 12.1 Å². The van der Waals surface area contributed by atoms with E-state index in [1.54, 1.807) is 0 Å². The lowest BCUT2D eigenvalue weighted by molar-refractivity contribution is -0.151. The Kier molecular flexibility index (Phi) is 7.95. The number of nitrogens with one attached hydrogen (secondary N) is 2. The van der Waals surface area contributed by atoms with Crippen LogP contribution in [0.4, 0.5) is 9.59 Å². The van der Waals surface area contributed by atoms with Gasteiger partial charge in [0.05, 0.1) is 12.5 Å². The lowest BCUT2D eigenvalue weighted by Crippen LogP contribution is -2.41. The zero-order chi connectivity index (χ0) is 20.7. The van der Waals surface area contributed by atoms with Crippen LogP contribution in [0.15, 0.2) is 0 Å². The van der Waals surface area contributed by atoms with Crippen LogP contribution in [-0.4, -0.2) is 47.6 Å². The molecule has 0 heterocycles. The van der Waals surface area contributed by atoms with Gasteiger partial charge in [-0.2, -0.15) is 0 Å². The van der Waals surface area contributed by atoms with Crippen molar-refractivity contribution in [2.75, 3.05) is 6.61 Å². The highest BCUT2D eigenvalue weighted by molar-refractivity contribution is 5.72. The van der Waals surface area contributed by atoms with Crippen molar-refractivity contribution in [2.24, 2.45) is 11.8 Å². The van der Waals surface area contributed by atoms with Crippen molar-refractivity contribution in [1.29, 1.82) is 0 Å². The van der Waals surface area contributed by atoms with Gasteiger partial charge in [0.2, 0.25) is 0 Å². The van der Waals surface area contributed by atoms with Crippen LogP contribution in [-0.2, 0) is 14.3 Å². The number of rotatable bonds is 5. The molecule has 3 N–H and O–H groups in total. The fourth-order valence-corrected chi connectivity index (χ4v) is 3.91. The highest BCUT2D eigenvalue weighted by Gasteiger charge is 2.30. The summed E-state index contributed by atoms with van der Waals surface area (Å²) in [5.41, 5.74) is -0.520. The Balaban J connectivity index is 1.62. The van der Waals surface area contributed by atoms with Crippen molar-refractivity contribution in [3.8, 4) is 0 Å². The molecule has 8 heteroatoms. The number of hydrogen-bond acceptors (Lipinski definition) is 5. The quantitative estimate of drug-likeness (QED) is 0.611. The molecular weight excluding hydrogens is 364 g/mol. The van der Waals surface area contributed by atoms with Gasteiger partial charge in [-0.25, -0.2) is 9.59 Å². The van der Waals surface area contributed by atoms with E-state index >= 15 is 0 Å². The van der Waals surface area contributed by atoms with Crippen LogP contribution < -0.4 is 10.6 Å². The first-order chi connectivity index (χ1) is 13.1. The SMILES string of the molecule is CC(C)(C)OC(=O)NC1CCC(C(=O)OCC2CCC(NC(=O)O)CC2)CC1. The zero-order valence-electron chi connectivity index (χ0n) is 17.2. The minimum absolute atomic E-state index is 0.0113. The van der Waals surface area contributed by atoms with Crippen LogP contribution in [0, 0.1) is 11.8 Å². The number of carboxylic acid groups (broad SMARTS) is 1. The summed E-state index contributed by atoms with van der Waals surface area (Å²) in [6.45, 7) is 5.90. The fourth-order valence-electron chi connectivity index (χ4n) is 3.91. The van der Waals surface area contributed by atoms with Crippen LogP contribution in [0.5, 0.6) is 0 Å². The van der Waals surface area contributed by atoms with Crippen LogP contribution in [0.3, 0.4) is 0 Å². The Morgan fingerprint density at radius 1 is 0.893 bits per heavy atom. The summed E-state index contributed by atoms with van der Waals surface area (Å²) in [7, 11) is 0. The molecule has 0 bridgehead atoms. The van der Waals surface area contributed by atoms with Crippen molar-refractivity contribution in [1.82, 2.24) is 10.6 Å². The Hall–Kier alpha value is -1.99. The van der Waals surface area contributed by atoms with Crippen LogP contribution in [0.25, 0.3) is 0 Å². The van der Waals surface area contributed by atoms with Crippen molar-refractivity contribution in [3.05, 3.63) is 0 Å². The first-order valence-electron chi connectivity index (χ1n) is 10.3.